The van der Waals surface area contributed by atoms with Gasteiger partial charge in [-0.05, 0) is 32.8 Å². The second-order valence-electron chi connectivity index (χ2n) is 5.92. The van der Waals surface area contributed by atoms with Gasteiger partial charge in [-0.3, -0.25) is 9.59 Å². The van der Waals surface area contributed by atoms with E-state index in [0.29, 0.717) is 0 Å². The molecule has 20 heavy (non-hydrogen) atoms. The molecule has 2 amide bonds. The van der Waals surface area contributed by atoms with Gasteiger partial charge < -0.3 is 10.2 Å². The first-order valence-corrected chi connectivity index (χ1v) is 7.07. The molecule has 1 fully saturated rings. The summed E-state index contributed by atoms with van der Waals surface area (Å²) in [6.07, 6.45) is 0.794. The van der Waals surface area contributed by atoms with Crippen LogP contribution in [0.4, 0.5) is 0 Å². The summed E-state index contributed by atoms with van der Waals surface area (Å²) in [5.41, 5.74) is 0.496. The molecule has 2 unspecified atom stereocenters. The van der Waals surface area contributed by atoms with E-state index in [9.17, 15) is 9.59 Å². The topological polar surface area (TPSA) is 49.4 Å². The molecule has 0 bridgehead atoms. The van der Waals surface area contributed by atoms with Crippen molar-refractivity contribution in [3.05, 3.63) is 35.9 Å². The van der Waals surface area contributed by atoms with Gasteiger partial charge in [0.25, 0.3) is 0 Å². The number of nitrogens with one attached hydrogen (secondary N) is 1. The zero-order chi connectivity index (χ0) is 14.9. The van der Waals surface area contributed by atoms with E-state index in [1.807, 2.05) is 51.1 Å². The van der Waals surface area contributed by atoms with Gasteiger partial charge in [0.2, 0.25) is 11.8 Å². The Labute approximate surface area is 120 Å². The SMILES string of the molecule is CCC(C)(C)N1C(=O)C(C)NC(=O)C1c1ccccc1. The average Bonchev–Trinajstić information content (AvgIpc) is 2.43. The molecule has 1 aliphatic rings. The molecule has 0 saturated carbocycles. The van der Waals surface area contributed by atoms with Crippen LogP contribution >= 0.6 is 0 Å². The Morgan fingerprint density at radius 2 is 1.80 bits per heavy atom. The van der Waals surface area contributed by atoms with E-state index < -0.39 is 12.1 Å². The lowest BCUT2D eigenvalue weighted by atomic mass is 9.90. The largest absolute Gasteiger partial charge is 0.342 e. The quantitative estimate of drug-likeness (QED) is 0.919. The molecule has 1 aromatic carbocycles. The second-order valence-corrected chi connectivity index (χ2v) is 5.92. The number of hydrogen-bond donors (Lipinski definition) is 1. The molecule has 108 valence electrons. The van der Waals surface area contributed by atoms with Gasteiger partial charge in [0.05, 0.1) is 0 Å². The lowest BCUT2D eigenvalue weighted by molar-refractivity contribution is -0.156. The minimum atomic E-state index is -0.546. The number of hydrogen-bond acceptors (Lipinski definition) is 2. The van der Waals surface area contributed by atoms with Crippen LogP contribution in [0.15, 0.2) is 30.3 Å². The predicted octanol–water partition coefficient (Wildman–Crippen LogP) is 2.26. The van der Waals surface area contributed by atoms with Crippen LogP contribution in [0.1, 0.15) is 45.7 Å². The zero-order valence-corrected chi connectivity index (χ0v) is 12.5. The van der Waals surface area contributed by atoms with Crippen LogP contribution in [0.3, 0.4) is 0 Å². The smallest absolute Gasteiger partial charge is 0.248 e. The van der Waals surface area contributed by atoms with E-state index in [1.165, 1.54) is 0 Å². The van der Waals surface area contributed by atoms with Crippen molar-refractivity contribution in [3.8, 4) is 0 Å². The van der Waals surface area contributed by atoms with Crippen molar-refractivity contribution in [1.29, 1.82) is 0 Å². The van der Waals surface area contributed by atoms with Crippen LogP contribution in [0.25, 0.3) is 0 Å². The Bertz CT molecular complexity index is 510. The molecule has 1 aliphatic heterocycles. The number of benzene rings is 1. The van der Waals surface area contributed by atoms with Crippen molar-refractivity contribution in [2.24, 2.45) is 0 Å². The van der Waals surface area contributed by atoms with Gasteiger partial charge in [0, 0.05) is 5.54 Å². The molecule has 2 atom stereocenters. The molecule has 2 rings (SSSR count). The standard InChI is InChI=1S/C16H22N2O2/c1-5-16(3,4)18-13(12-9-7-6-8-10-12)14(19)17-11(2)15(18)20/h6-11,13H,5H2,1-4H3,(H,17,19). The number of nitrogens with zero attached hydrogens (tertiary/aromatic N) is 1. The van der Waals surface area contributed by atoms with Gasteiger partial charge in [-0.25, -0.2) is 0 Å². The third-order valence-electron chi connectivity index (χ3n) is 4.11. The first-order chi connectivity index (χ1) is 9.38. The maximum absolute atomic E-state index is 12.6. The Balaban J connectivity index is 2.49. The van der Waals surface area contributed by atoms with Crippen molar-refractivity contribution in [2.45, 2.75) is 51.7 Å². The molecule has 1 aromatic rings. The summed E-state index contributed by atoms with van der Waals surface area (Å²) in [5.74, 6) is -0.130. The fraction of sp³-hybridized carbons (Fsp3) is 0.500. The maximum atomic E-state index is 12.6. The summed E-state index contributed by atoms with van der Waals surface area (Å²) < 4.78 is 0. The molecule has 1 N–H and O–H groups in total. The average molecular weight is 274 g/mol. The highest BCUT2D eigenvalue weighted by Gasteiger charge is 2.45. The van der Waals surface area contributed by atoms with Crippen molar-refractivity contribution in [1.82, 2.24) is 10.2 Å². The van der Waals surface area contributed by atoms with E-state index in [2.05, 4.69) is 5.32 Å². The van der Waals surface area contributed by atoms with Crippen LogP contribution in [0.5, 0.6) is 0 Å². The molecule has 0 aromatic heterocycles. The molecular weight excluding hydrogens is 252 g/mol. The first kappa shape index (κ1) is 14.6. The van der Waals surface area contributed by atoms with Crippen LogP contribution in [0, 0.1) is 0 Å². The Morgan fingerprint density at radius 3 is 2.35 bits per heavy atom. The van der Waals surface area contributed by atoms with Gasteiger partial charge in [-0.1, -0.05) is 37.3 Å². The first-order valence-electron chi connectivity index (χ1n) is 7.07. The molecule has 4 nitrogen and oxygen atoms in total. The molecular formula is C16H22N2O2. The fourth-order valence-electron chi connectivity index (χ4n) is 2.56. The summed E-state index contributed by atoms with van der Waals surface area (Å²) in [6.45, 7) is 7.78. The second kappa shape index (κ2) is 5.27. The molecule has 0 radical (unpaired) electrons. The molecule has 1 saturated heterocycles. The summed E-state index contributed by atoms with van der Waals surface area (Å²) in [5, 5.41) is 2.77. The third kappa shape index (κ3) is 2.42. The monoisotopic (exact) mass is 274 g/mol. The molecule has 1 heterocycles. The van der Waals surface area contributed by atoms with E-state index in [0.717, 1.165) is 12.0 Å². The maximum Gasteiger partial charge on any atom is 0.248 e. The van der Waals surface area contributed by atoms with Crippen molar-refractivity contribution < 1.29 is 9.59 Å². The van der Waals surface area contributed by atoms with Gasteiger partial charge >= 0.3 is 0 Å². The van der Waals surface area contributed by atoms with E-state index in [4.69, 9.17) is 0 Å². The number of rotatable bonds is 3. The zero-order valence-electron chi connectivity index (χ0n) is 12.5. The number of amides is 2. The van der Waals surface area contributed by atoms with Gasteiger partial charge in [-0.15, -0.1) is 0 Å². The predicted molar refractivity (Wildman–Crippen MR) is 78.0 cm³/mol. The number of carbonyl (C=O) groups excluding carboxylic acids is 2. The normalized spacial score (nSPS) is 23.7. The summed E-state index contributed by atoms with van der Waals surface area (Å²) >= 11 is 0. The molecule has 0 aliphatic carbocycles. The van der Waals surface area contributed by atoms with Crippen LogP contribution in [0.2, 0.25) is 0 Å². The highest BCUT2D eigenvalue weighted by atomic mass is 16.2. The van der Waals surface area contributed by atoms with Gasteiger partial charge in [-0.2, -0.15) is 0 Å². The Hall–Kier alpha value is -1.84. The highest BCUT2D eigenvalue weighted by molar-refractivity contribution is 5.97. The van der Waals surface area contributed by atoms with Crippen molar-refractivity contribution >= 4 is 11.8 Å². The molecule has 0 spiro atoms. The molecule has 4 heteroatoms. The third-order valence-corrected chi connectivity index (χ3v) is 4.11. The van der Waals surface area contributed by atoms with Crippen LogP contribution < -0.4 is 5.32 Å². The number of carbonyl (C=O) groups is 2. The Morgan fingerprint density at radius 1 is 1.20 bits per heavy atom. The van der Waals surface area contributed by atoms with Crippen molar-refractivity contribution in [2.75, 3.05) is 0 Å². The fourth-order valence-corrected chi connectivity index (χ4v) is 2.56. The number of piperazine rings is 1. The van der Waals surface area contributed by atoms with E-state index >= 15 is 0 Å². The van der Waals surface area contributed by atoms with Crippen LogP contribution in [-0.4, -0.2) is 28.3 Å². The minimum Gasteiger partial charge on any atom is -0.342 e. The minimum absolute atomic E-state index is 0.0229. The summed E-state index contributed by atoms with van der Waals surface area (Å²) in [4.78, 5) is 26.7. The summed E-state index contributed by atoms with van der Waals surface area (Å²) in [7, 11) is 0. The Kier molecular flexibility index (Phi) is 3.84. The van der Waals surface area contributed by atoms with Crippen molar-refractivity contribution in [3.63, 3.8) is 0 Å². The lowest BCUT2D eigenvalue weighted by Gasteiger charge is -2.47. The van der Waals surface area contributed by atoms with Crippen LogP contribution in [-0.2, 0) is 9.59 Å². The lowest BCUT2D eigenvalue weighted by Crippen LogP contribution is -2.63. The van der Waals surface area contributed by atoms with Gasteiger partial charge in [0.1, 0.15) is 12.1 Å². The summed E-state index contributed by atoms with van der Waals surface area (Å²) in [6, 6.07) is 8.47. The van der Waals surface area contributed by atoms with E-state index in [1.54, 1.807) is 11.8 Å². The van der Waals surface area contributed by atoms with E-state index in [-0.39, 0.29) is 17.4 Å². The highest BCUT2D eigenvalue weighted by Crippen LogP contribution is 2.33. The van der Waals surface area contributed by atoms with Gasteiger partial charge in [0.15, 0.2) is 0 Å².